The fourth-order valence-electron chi connectivity index (χ4n) is 5.69. The smallest absolute Gasteiger partial charge is 0.248 e. The Morgan fingerprint density at radius 2 is 1.62 bits per heavy atom. The first-order valence-corrected chi connectivity index (χ1v) is 12.5. The number of carbonyl (C=O) groups excluding carboxylic acids is 3. The molecule has 6 rings (SSSR count). The molecule has 3 aromatic carbocycles. The van der Waals surface area contributed by atoms with Crippen LogP contribution in [0.2, 0.25) is 10.0 Å². The van der Waals surface area contributed by atoms with Crippen molar-refractivity contribution in [2.75, 3.05) is 17.3 Å². The van der Waals surface area contributed by atoms with Gasteiger partial charge in [0.05, 0.1) is 36.4 Å². The van der Waals surface area contributed by atoms with Crippen LogP contribution in [0.3, 0.4) is 0 Å². The minimum Gasteiger partial charge on any atom is -0.495 e. The van der Waals surface area contributed by atoms with Crippen molar-refractivity contribution in [2.24, 2.45) is 11.8 Å². The first-order valence-electron chi connectivity index (χ1n) is 11.7. The number of nitrogens with one attached hydrogen (secondary N) is 1. The van der Waals surface area contributed by atoms with E-state index in [1.54, 1.807) is 48.7 Å². The lowest BCUT2D eigenvalue weighted by molar-refractivity contribution is -0.128. The Labute approximate surface area is 223 Å². The van der Waals surface area contributed by atoms with Gasteiger partial charge in [0.2, 0.25) is 17.7 Å². The Hall–Kier alpha value is -3.81. The molecule has 1 N–H and O–H groups in total. The van der Waals surface area contributed by atoms with E-state index in [1.807, 2.05) is 35.2 Å². The summed E-state index contributed by atoms with van der Waals surface area (Å²) >= 11 is 12.2. The van der Waals surface area contributed by atoms with Crippen molar-refractivity contribution in [2.45, 2.75) is 12.1 Å². The molecule has 186 valence electrons. The monoisotopic (exact) mass is 533 g/mol. The number of amides is 3. The van der Waals surface area contributed by atoms with Crippen LogP contribution in [0.1, 0.15) is 17.2 Å². The van der Waals surface area contributed by atoms with Gasteiger partial charge in [-0.05, 0) is 59.7 Å². The lowest BCUT2D eigenvalue weighted by Gasteiger charge is -2.35. The van der Waals surface area contributed by atoms with Crippen LogP contribution in [0.4, 0.5) is 11.4 Å². The number of halogens is 2. The number of imide groups is 1. The Bertz CT molecular complexity index is 1470. The number of hydrogen-bond donors (Lipinski definition) is 1. The molecule has 9 heteroatoms. The summed E-state index contributed by atoms with van der Waals surface area (Å²) in [6, 6.07) is 17.7. The molecule has 3 heterocycles. The molecule has 3 aromatic rings. The SMILES string of the molecule is COc1ccc(Cl)cc1NC(=O)[C@@H]1[C@H]2C(=O)N(c3ccc(Cl)cc3)C(=O)[C@@H]2[C@H]2c3ccccc3C=CN12. The fraction of sp³-hybridized carbons (Fsp3) is 0.179. The summed E-state index contributed by atoms with van der Waals surface area (Å²) in [6.45, 7) is 0. The number of hydrogen-bond acceptors (Lipinski definition) is 5. The van der Waals surface area contributed by atoms with Crippen molar-refractivity contribution >= 4 is 58.4 Å². The Morgan fingerprint density at radius 1 is 0.919 bits per heavy atom. The number of nitrogens with zero attached hydrogens (tertiary/aromatic N) is 2. The van der Waals surface area contributed by atoms with Crippen LogP contribution >= 0.6 is 23.2 Å². The van der Waals surface area contributed by atoms with E-state index in [4.69, 9.17) is 27.9 Å². The highest BCUT2D eigenvalue weighted by molar-refractivity contribution is 6.31. The van der Waals surface area contributed by atoms with E-state index in [0.29, 0.717) is 27.2 Å². The van der Waals surface area contributed by atoms with Gasteiger partial charge in [-0.3, -0.25) is 14.4 Å². The largest absolute Gasteiger partial charge is 0.495 e. The van der Waals surface area contributed by atoms with E-state index in [9.17, 15) is 14.4 Å². The maximum atomic E-state index is 13.9. The van der Waals surface area contributed by atoms with E-state index in [2.05, 4.69) is 5.32 Å². The van der Waals surface area contributed by atoms with Gasteiger partial charge < -0.3 is 15.0 Å². The van der Waals surface area contributed by atoms with Gasteiger partial charge in [0.1, 0.15) is 11.8 Å². The molecular formula is C28H21Cl2N3O4. The lowest BCUT2D eigenvalue weighted by Crippen LogP contribution is -2.46. The maximum Gasteiger partial charge on any atom is 0.248 e. The van der Waals surface area contributed by atoms with Gasteiger partial charge in [0.15, 0.2) is 0 Å². The van der Waals surface area contributed by atoms with E-state index < -0.39 is 35.7 Å². The second kappa shape index (κ2) is 8.94. The summed E-state index contributed by atoms with van der Waals surface area (Å²) in [5.41, 5.74) is 2.66. The van der Waals surface area contributed by atoms with Gasteiger partial charge in [0, 0.05) is 16.2 Å². The molecule has 0 spiro atoms. The molecule has 0 unspecified atom stereocenters. The molecule has 37 heavy (non-hydrogen) atoms. The number of rotatable bonds is 4. The van der Waals surface area contributed by atoms with Crippen LogP contribution in [0, 0.1) is 11.8 Å². The first kappa shape index (κ1) is 23.6. The number of methoxy groups -OCH3 is 1. The lowest BCUT2D eigenvalue weighted by atomic mass is 9.84. The third kappa shape index (κ3) is 3.69. The highest BCUT2D eigenvalue weighted by Crippen LogP contribution is 2.53. The topological polar surface area (TPSA) is 79.0 Å². The van der Waals surface area contributed by atoms with E-state index in [1.165, 1.54) is 12.0 Å². The van der Waals surface area contributed by atoms with Crippen molar-refractivity contribution in [3.05, 3.63) is 94.1 Å². The van der Waals surface area contributed by atoms with Gasteiger partial charge in [-0.1, -0.05) is 47.5 Å². The van der Waals surface area contributed by atoms with Gasteiger partial charge in [-0.15, -0.1) is 0 Å². The van der Waals surface area contributed by atoms with Crippen LogP contribution in [0.25, 0.3) is 6.08 Å². The van der Waals surface area contributed by atoms with Crippen molar-refractivity contribution in [3.63, 3.8) is 0 Å². The molecule has 3 amide bonds. The average Bonchev–Trinajstić information content (AvgIpc) is 3.37. The summed E-state index contributed by atoms with van der Waals surface area (Å²) in [5.74, 6) is -2.40. The summed E-state index contributed by atoms with van der Waals surface area (Å²) in [6.07, 6.45) is 3.71. The molecule has 3 aliphatic rings. The van der Waals surface area contributed by atoms with Crippen molar-refractivity contribution in [3.8, 4) is 5.75 Å². The molecule has 2 fully saturated rings. The van der Waals surface area contributed by atoms with Gasteiger partial charge in [0.25, 0.3) is 0 Å². The second-order valence-corrected chi connectivity index (χ2v) is 10.0. The molecular weight excluding hydrogens is 513 g/mol. The quantitative estimate of drug-likeness (QED) is 0.469. The molecule has 0 radical (unpaired) electrons. The number of ether oxygens (including phenoxy) is 1. The van der Waals surface area contributed by atoms with Crippen LogP contribution in [0.15, 0.2) is 72.9 Å². The normalized spacial score (nSPS) is 23.5. The highest BCUT2D eigenvalue weighted by atomic mass is 35.5. The van der Waals surface area contributed by atoms with Gasteiger partial charge in [-0.2, -0.15) is 0 Å². The zero-order valence-corrected chi connectivity index (χ0v) is 21.1. The molecule has 7 nitrogen and oxygen atoms in total. The Balaban J connectivity index is 1.44. The Morgan fingerprint density at radius 3 is 2.38 bits per heavy atom. The third-order valence-corrected chi connectivity index (χ3v) is 7.72. The van der Waals surface area contributed by atoms with Crippen molar-refractivity contribution in [1.82, 2.24) is 4.90 Å². The van der Waals surface area contributed by atoms with E-state index in [0.717, 1.165) is 11.1 Å². The predicted molar refractivity (Wildman–Crippen MR) is 141 cm³/mol. The van der Waals surface area contributed by atoms with Gasteiger partial charge >= 0.3 is 0 Å². The zero-order chi connectivity index (χ0) is 25.8. The first-order chi connectivity index (χ1) is 17.9. The van der Waals surface area contributed by atoms with Crippen LogP contribution in [-0.4, -0.2) is 35.8 Å². The Kier molecular flexibility index (Phi) is 5.70. The zero-order valence-electron chi connectivity index (χ0n) is 19.6. The second-order valence-electron chi connectivity index (χ2n) is 9.16. The summed E-state index contributed by atoms with van der Waals surface area (Å²) < 4.78 is 5.39. The number of carbonyl (C=O) groups is 3. The van der Waals surface area contributed by atoms with Gasteiger partial charge in [-0.25, -0.2) is 4.90 Å². The van der Waals surface area contributed by atoms with Crippen molar-refractivity contribution < 1.29 is 19.1 Å². The van der Waals surface area contributed by atoms with Crippen LogP contribution in [-0.2, 0) is 14.4 Å². The van der Waals surface area contributed by atoms with Crippen LogP contribution < -0.4 is 15.0 Å². The summed E-state index contributed by atoms with van der Waals surface area (Å²) in [5, 5.41) is 3.80. The molecule has 3 aliphatic heterocycles. The standard InChI is InChI=1S/C28H21Cl2N3O4/c1-37-21-11-8-17(30)14-20(21)31-26(34)25-23-22(24-19-5-3-2-4-15(19)12-13-32(24)25)27(35)33(28(23)36)18-9-6-16(29)7-10-18/h2-14,22-25H,1H3,(H,31,34)/t22-,23-,24+,25-/m0/s1. The highest BCUT2D eigenvalue weighted by Gasteiger charge is 2.64. The minimum atomic E-state index is -0.933. The number of benzene rings is 3. The molecule has 0 bridgehead atoms. The molecule has 0 aliphatic carbocycles. The van der Waals surface area contributed by atoms with Crippen molar-refractivity contribution in [1.29, 1.82) is 0 Å². The molecule has 4 atom stereocenters. The van der Waals surface area contributed by atoms with E-state index >= 15 is 0 Å². The summed E-state index contributed by atoms with van der Waals surface area (Å²) in [7, 11) is 1.49. The van der Waals surface area contributed by atoms with Crippen LogP contribution in [0.5, 0.6) is 5.75 Å². The number of anilines is 2. The molecule has 0 saturated carbocycles. The summed E-state index contributed by atoms with van der Waals surface area (Å²) in [4.78, 5) is 44.6. The minimum absolute atomic E-state index is 0.340. The average molecular weight is 534 g/mol. The molecule has 2 saturated heterocycles. The maximum absolute atomic E-state index is 13.9. The third-order valence-electron chi connectivity index (χ3n) is 7.23. The predicted octanol–water partition coefficient (Wildman–Crippen LogP) is 5.16. The number of fused-ring (bicyclic) bond motifs is 5. The fourth-order valence-corrected chi connectivity index (χ4v) is 5.98. The molecule has 0 aromatic heterocycles. The van der Waals surface area contributed by atoms with E-state index in [-0.39, 0.29) is 5.91 Å².